The van der Waals surface area contributed by atoms with Crippen LogP contribution in [0.3, 0.4) is 0 Å². The lowest BCUT2D eigenvalue weighted by atomic mass is 9.89. The van der Waals surface area contributed by atoms with Gasteiger partial charge in [0.25, 0.3) is 0 Å². The summed E-state index contributed by atoms with van der Waals surface area (Å²) in [6.45, 7) is 15.5. The molecule has 1 aromatic carbocycles. The van der Waals surface area contributed by atoms with E-state index in [0.29, 0.717) is 24.0 Å². The average Bonchev–Trinajstić information content (AvgIpc) is 2.58. The molecule has 0 aliphatic carbocycles. The van der Waals surface area contributed by atoms with E-state index in [2.05, 4.69) is 53.7 Å². The molecule has 0 unspecified atom stereocenters. The minimum Gasteiger partial charge on any atom is -0.493 e. The summed E-state index contributed by atoms with van der Waals surface area (Å²) in [5.74, 6) is 0.847. The monoisotopic (exact) mass is 370 g/mol. The van der Waals surface area contributed by atoms with Crippen LogP contribution in [0.1, 0.15) is 83.4 Å². The van der Waals surface area contributed by atoms with Crippen LogP contribution in [0.5, 0.6) is 5.75 Å². The minimum absolute atomic E-state index is 0.374. The molecule has 0 aliphatic heterocycles. The number of carboxylic acid groups (broad SMARTS) is 1. The maximum atomic E-state index is 10.7. The Morgan fingerprint density at radius 1 is 1.15 bits per heavy atom. The first-order valence-electron chi connectivity index (χ1n) is 9.74. The van der Waals surface area contributed by atoms with Crippen LogP contribution in [0, 0.1) is 0 Å². The Morgan fingerprint density at radius 3 is 2.33 bits per heavy atom. The highest BCUT2D eigenvalue weighted by Crippen LogP contribution is 2.37. The molecular formula is C24H34O3. The fraction of sp³-hybridized carbons (Fsp3) is 0.458. The van der Waals surface area contributed by atoms with Crippen molar-refractivity contribution in [2.24, 2.45) is 0 Å². The molecule has 148 valence electrons. The molecule has 0 amide bonds. The number of carbonyl (C=O) groups is 1. The first-order valence-corrected chi connectivity index (χ1v) is 9.74. The fourth-order valence-corrected chi connectivity index (χ4v) is 2.77. The van der Waals surface area contributed by atoms with Gasteiger partial charge in [-0.15, -0.1) is 0 Å². The van der Waals surface area contributed by atoms with Crippen molar-refractivity contribution in [1.82, 2.24) is 0 Å². The van der Waals surface area contributed by atoms with E-state index >= 15 is 0 Å². The van der Waals surface area contributed by atoms with E-state index in [9.17, 15) is 4.79 Å². The Labute approximate surface area is 164 Å². The van der Waals surface area contributed by atoms with Crippen molar-refractivity contribution in [2.45, 2.75) is 66.7 Å². The minimum atomic E-state index is -0.931. The molecule has 0 aromatic heterocycles. The third kappa shape index (κ3) is 7.09. The molecular weight excluding hydrogens is 336 g/mol. The van der Waals surface area contributed by atoms with Crippen LogP contribution in [-0.2, 0) is 4.79 Å². The highest BCUT2D eigenvalue weighted by atomic mass is 16.5. The lowest BCUT2D eigenvalue weighted by molar-refractivity contribution is -0.131. The van der Waals surface area contributed by atoms with E-state index in [4.69, 9.17) is 9.84 Å². The highest BCUT2D eigenvalue weighted by molar-refractivity contribution is 5.81. The van der Waals surface area contributed by atoms with Crippen LogP contribution in [0.15, 0.2) is 42.0 Å². The van der Waals surface area contributed by atoms with Crippen molar-refractivity contribution in [3.63, 3.8) is 0 Å². The maximum absolute atomic E-state index is 10.7. The third-order valence-electron chi connectivity index (χ3n) is 4.36. The standard InChI is InChI=1S/C24H34O3/c1-8-12-27-24-21(17(4)5)14-20(16(2)3)15-22(24)19(7)11-9-10-18(6)13-23(25)26/h9-11,13-17H,8,12H2,1-7H3,(H,25,26). The number of aliphatic carboxylic acids is 1. The lowest BCUT2D eigenvalue weighted by Crippen LogP contribution is -2.05. The third-order valence-corrected chi connectivity index (χ3v) is 4.36. The zero-order chi connectivity index (χ0) is 20.6. The topological polar surface area (TPSA) is 46.5 Å². The van der Waals surface area contributed by atoms with E-state index in [0.717, 1.165) is 23.3 Å². The van der Waals surface area contributed by atoms with Crippen molar-refractivity contribution < 1.29 is 14.6 Å². The van der Waals surface area contributed by atoms with Crippen molar-refractivity contribution in [3.8, 4) is 5.75 Å². The molecule has 0 heterocycles. The van der Waals surface area contributed by atoms with Crippen molar-refractivity contribution in [1.29, 1.82) is 0 Å². The van der Waals surface area contributed by atoms with Crippen LogP contribution >= 0.6 is 0 Å². The molecule has 1 aromatic rings. The number of hydrogen-bond acceptors (Lipinski definition) is 2. The van der Waals surface area contributed by atoms with Crippen molar-refractivity contribution >= 4 is 11.5 Å². The molecule has 1 N–H and O–H groups in total. The number of carboxylic acids is 1. The number of allylic oxidation sites excluding steroid dienone is 5. The molecule has 0 radical (unpaired) electrons. The zero-order valence-corrected chi connectivity index (χ0v) is 17.8. The van der Waals surface area contributed by atoms with E-state index in [1.165, 1.54) is 17.2 Å². The predicted octanol–water partition coefficient (Wildman–Crippen LogP) is 6.71. The quantitative estimate of drug-likeness (QED) is 0.388. The van der Waals surface area contributed by atoms with Gasteiger partial charge in [-0.25, -0.2) is 4.79 Å². The average molecular weight is 371 g/mol. The summed E-state index contributed by atoms with van der Waals surface area (Å²) in [7, 11) is 0. The summed E-state index contributed by atoms with van der Waals surface area (Å²) in [6, 6.07) is 4.49. The van der Waals surface area contributed by atoms with Gasteiger partial charge in [0.1, 0.15) is 5.75 Å². The summed E-state index contributed by atoms with van der Waals surface area (Å²) < 4.78 is 6.16. The summed E-state index contributed by atoms with van der Waals surface area (Å²) in [6.07, 6.45) is 7.88. The first kappa shape index (κ1) is 22.8. The van der Waals surface area contributed by atoms with Gasteiger partial charge in [0.15, 0.2) is 0 Å². The molecule has 27 heavy (non-hydrogen) atoms. The molecule has 0 atom stereocenters. The van der Waals surface area contributed by atoms with Crippen LogP contribution < -0.4 is 4.74 Å². The number of benzene rings is 1. The van der Waals surface area contributed by atoms with Gasteiger partial charge in [0, 0.05) is 11.6 Å². The largest absolute Gasteiger partial charge is 0.493 e. The van der Waals surface area contributed by atoms with Crippen LogP contribution in [0.2, 0.25) is 0 Å². The molecule has 0 aliphatic rings. The smallest absolute Gasteiger partial charge is 0.328 e. The van der Waals surface area contributed by atoms with E-state index in [-0.39, 0.29) is 0 Å². The molecule has 3 nitrogen and oxygen atoms in total. The van der Waals surface area contributed by atoms with Crippen molar-refractivity contribution in [2.75, 3.05) is 6.61 Å². The Kier molecular flexibility index (Phi) is 9.07. The second-order valence-corrected chi connectivity index (χ2v) is 7.58. The number of hydrogen-bond donors (Lipinski definition) is 1. The van der Waals surface area contributed by atoms with Crippen LogP contribution in [0.25, 0.3) is 5.57 Å². The lowest BCUT2D eigenvalue weighted by Gasteiger charge is -2.21. The zero-order valence-electron chi connectivity index (χ0n) is 17.8. The molecule has 0 bridgehead atoms. The summed E-state index contributed by atoms with van der Waals surface area (Å²) in [4.78, 5) is 10.7. The Bertz CT molecular complexity index is 734. The van der Waals surface area contributed by atoms with Gasteiger partial charge in [-0.2, -0.15) is 0 Å². The van der Waals surface area contributed by atoms with Gasteiger partial charge in [0.05, 0.1) is 6.61 Å². The van der Waals surface area contributed by atoms with Crippen LogP contribution in [0.4, 0.5) is 0 Å². The normalized spacial score (nSPS) is 13.1. The van der Waals surface area contributed by atoms with E-state index < -0.39 is 5.97 Å². The summed E-state index contributed by atoms with van der Waals surface area (Å²) >= 11 is 0. The summed E-state index contributed by atoms with van der Waals surface area (Å²) in [5, 5.41) is 8.81. The van der Waals surface area contributed by atoms with E-state index in [1.54, 1.807) is 13.0 Å². The highest BCUT2D eigenvalue weighted by Gasteiger charge is 2.17. The predicted molar refractivity (Wildman–Crippen MR) is 115 cm³/mol. The van der Waals surface area contributed by atoms with Gasteiger partial charge < -0.3 is 9.84 Å². The maximum Gasteiger partial charge on any atom is 0.328 e. The van der Waals surface area contributed by atoms with Crippen molar-refractivity contribution in [3.05, 3.63) is 58.7 Å². The SMILES string of the molecule is CCCOc1c(C(C)=CC=CC(C)=CC(=O)O)cc(C(C)C)cc1C(C)C. The molecule has 1 rings (SSSR count). The Hall–Kier alpha value is -2.29. The molecule has 0 saturated heterocycles. The Balaban J connectivity index is 3.42. The summed E-state index contributed by atoms with van der Waals surface area (Å²) in [5.41, 5.74) is 5.46. The first-order chi connectivity index (χ1) is 12.7. The van der Waals surface area contributed by atoms with Gasteiger partial charge in [-0.05, 0) is 60.4 Å². The van der Waals surface area contributed by atoms with Gasteiger partial charge in [-0.1, -0.05) is 58.9 Å². The second kappa shape index (κ2) is 10.8. The number of rotatable bonds is 9. The molecule has 0 saturated carbocycles. The Morgan fingerprint density at radius 2 is 1.81 bits per heavy atom. The second-order valence-electron chi connectivity index (χ2n) is 7.58. The van der Waals surface area contributed by atoms with E-state index in [1.807, 2.05) is 12.2 Å². The van der Waals surface area contributed by atoms with Gasteiger partial charge in [-0.3, -0.25) is 0 Å². The molecule has 0 fully saturated rings. The van der Waals surface area contributed by atoms with Crippen LogP contribution in [-0.4, -0.2) is 17.7 Å². The fourth-order valence-electron chi connectivity index (χ4n) is 2.77. The molecule has 0 spiro atoms. The molecule has 3 heteroatoms. The number of ether oxygens (including phenoxy) is 1. The van der Waals surface area contributed by atoms with Gasteiger partial charge >= 0.3 is 5.97 Å². The van der Waals surface area contributed by atoms with Gasteiger partial charge in [0.2, 0.25) is 0 Å².